The van der Waals surface area contributed by atoms with E-state index in [1.54, 1.807) is 14.2 Å². The molecule has 2 N–H and O–H groups in total. The highest BCUT2D eigenvalue weighted by Gasteiger charge is 2.36. The maximum absolute atomic E-state index is 6.08. The molecule has 2 heterocycles. The van der Waals surface area contributed by atoms with Crippen LogP contribution in [0.3, 0.4) is 0 Å². The maximum atomic E-state index is 6.08. The van der Waals surface area contributed by atoms with Gasteiger partial charge in [-0.15, -0.1) is 0 Å². The van der Waals surface area contributed by atoms with Crippen LogP contribution in [0.25, 0.3) is 10.8 Å². The Labute approximate surface area is 118 Å². The topological polar surface area (TPSA) is 60.6 Å². The molecule has 1 aromatic heterocycles. The number of nitrogens with two attached hydrogens (primary N) is 1. The van der Waals surface area contributed by atoms with Crippen LogP contribution in [0.2, 0.25) is 0 Å². The van der Waals surface area contributed by atoms with Gasteiger partial charge in [-0.3, -0.25) is 0 Å². The number of fused-ring (bicyclic) bond motifs is 1. The van der Waals surface area contributed by atoms with E-state index in [0.717, 1.165) is 35.4 Å². The second-order valence-electron chi connectivity index (χ2n) is 5.57. The van der Waals surface area contributed by atoms with Crippen LogP contribution in [-0.4, -0.2) is 37.8 Å². The van der Waals surface area contributed by atoms with Crippen molar-refractivity contribution < 1.29 is 9.47 Å². The van der Waals surface area contributed by atoms with Gasteiger partial charge in [0.15, 0.2) is 11.5 Å². The average molecular weight is 273 g/mol. The molecule has 0 bridgehead atoms. The molecular formula is C15H19N3O2. The van der Waals surface area contributed by atoms with E-state index in [-0.39, 0.29) is 5.54 Å². The van der Waals surface area contributed by atoms with E-state index in [0.29, 0.717) is 5.75 Å². The van der Waals surface area contributed by atoms with Crippen LogP contribution in [0.15, 0.2) is 24.4 Å². The molecule has 0 aliphatic carbocycles. The molecule has 1 saturated heterocycles. The highest BCUT2D eigenvalue weighted by molar-refractivity contribution is 5.95. The van der Waals surface area contributed by atoms with Crippen molar-refractivity contribution in [2.75, 3.05) is 32.2 Å². The lowest BCUT2D eigenvalue weighted by atomic mass is 9.93. The van der Waals surface area contributed by atoms with Crippen molar-refractivity contribution in [1.82, 2.24) is 4.98 Å². The molecule has 0 radical (unpaired) electrons. The molecule has 1 fully saturated rings. The first-order valence-electron chi connectivity index (χ1n) is 6.59. The summed E-state index contributed by atoms with van der Waals surface area (Å²) in [5.74, 6) is 2.39. The molecular weight excluding hydrogens is 254 g/mol. The second kappa shape index (κ2) is 4.52. The van der Waals surface area contributed by atoms with Gasteiger partial charge < -0.3 is 20.1 Å². The summed E-state index contributed by atoms with van der Waals surface area (Å²) in [5, 5.41) is 2.14. The molecule has 0 atom stereocenters. The number of hydrogen-bond donors (Lipinski definition) is 1. The zero-order valence-electron chi connectivity index (χ0n) is 12.0. The van der Waals surface area contributed by atoms with Crippen LogP contribution in [0.4, 0.5) is 5.82 Å². The van der Waals surface area contributed by atoms with E-state index in [1.165, 1.54) is 0 Å². The summed E-state index contributed by atoms with van der Waals surface area (Å²) in [5.41, 5.74) is 5.96. The molecule has 106 valence electrons. The fraction of sp³-hybridized carbons (Fsp3) is 0.400. The number of pyridine rings is 1. The molecule has 0 amide bonds. The SMILES string of the molecule is COc1cc2ccnc(N3CC(C)(N)C3)c2cc1OC. The Morgan fingerprint density at radius 3 is 2.45 bits per heavy atom. The van der Waals surface area contributed by atoms with E-state index in [2.05, 4.69) is 16.8 Å². The second-order valence-corrected chi connectivity index (χ2v) is 5.57. The highest BCUT2D eigenvalue weighted by Crippen LogP contribution is 2.37. The molecule has 0 spiro atoms. The number of anilines is 1. The number of nitrogens with zero attached hydrogens (tertiary/aromatic N) is 2. The lowest BCUT2D eigenvalue weighted by molar-refractivity contribution is 0.355. The van der Waals surface area contributed by atoms with Gasteiger partial charge in [0.05, 0.1) is 14.2 Å². The molecule has 1 aromatic carbocycles. The van der Waals surface area contributed by atoms with Gasteiger partial charge in [0, 0.05) is 30.2 Å². The van der Waals surface area contributed by atoms with E-state index in [4.69, 9.17) is 15.2 Å². The maximum Gasteiger partial charge on any atom is 0.161 e. The Morgan fingerprint density at radius 1 is 1.20 bits per heavy atom. The average Bonchev–Trinajstić information content (AvgIpc) is 2.42. The molecule has 2 aromatic rings. The largest absolute Gasteiger partial charge is 0.493 e. The van der Waals surface area contributed by atoms with Crippen molar-refractivity contribution in [1.29, 1.82) is 0 Å². The van der Waals surface area contributed by atoms with Crippen LogP contribution >= 0.6 is 0 Å². The molecule has 0 saturated carbocycles. The van der Waals surface area contributed by atoms with Crippen LogP contribution in [0.1, 0.15) is 6.92 Å². The molecule has 1 aliphatic heterocycles. The molecule has 5 heteroatoms. The Morgan fingerprint density at radius 2 is 1.85 bits per heavy atom. The fourth-order valence-electron chi connectivity index (χ4n) is 2.71. The van der Waals surface area contributed by atoms with E-state index in [9.17, 15) is 0 Å². The van der Waals surface area contributed by atoms with Gasteiger partial charge in [-0.2, -0.15) is 0 Å². The lowest BCUT2D eigenvalue weighted by Crippen LogP contribution is -2.65. The molecule has 5 nitrogen and oxygen atoms in total. The Kier molecular flexibility index (Phi) is 2.94. The number of rotatable bonds is 3. The lowest BCUT2D eigenvalue weighted by Gasteiger charge is -2.46. The minimum atomic E-state index is -0.125. The predicted octanol–water partition coefficient (Wildman–Crippen LogP) is 1.79. The van der Waals surface area contributed by atoms with Crippen LogP contribution in [-0.2, 0) is 0 Å². The van der Waals surface area contributed by atoms with Gasteiger partial charge in [-0.05, 0) is 30.5 Å². The normalized spacial score (nSPS) is 16.9. The fourth-order valence-corrected chi connectivity index (χ4v) is 2.71. The number of benzene rings is 1. The first-order chi connectivity index (χ1) is 9.54. The van der Waals surface area contributed by atoms with Crippen molar-refractivity contribution in [3.8, 4) is 11.5 Å². The molecule has 3 rings (SSSR count). The number of aromatic nitrogens is 1. The summed E-state index contributed by atoms with van der Waals surface area (Å²) in [4.78, 5) is 6.69. The predicted molar refractivity (Wildman–Crippen MR) is 79.7 cm³/mol. The van der Waals surface area contributed by atoms with Crippen LogP contribution in [0.5, 0.6) is 11.5 Å². The Balaban J connectivity index is 2.09. The summed E-state index contributed by atoms with van der Waals surface area (Å²) >= 11 is 0. The van der Waals surface area contributed by atoms with Gasteiger partial charge in [0.2, 0.25) is 0 Å². The van der Waals surface area contributed by atoms with Crippen molar-refractivity contribution in [2.45, 2.75) is 12.5 Å². The molecule has 0 unspecified atom stereocenters. The van der Waals surface area contributed by atoms with Gasteiger partial charge in [-0.1, -0.05) is 0 Å². The quantitative estimate of drug-likeness (QED) is 0.924. The third-order valence-corrected chi connectivity index (χ3v) is 3.65. The van der Waals surface area contributed by atoms with E-state index >= 15 is 0 Å². The van der Waals surface area contributed by atoms with Crippen molar-refractivity contribution in [3.05, 3.63) is 24.4 Å². The van der Waals surface area contributed by atoms with Gasteiger partial charge >= 0.3 is 0 Å². The van der Waals surface area contributed by atoms with Gasteiger partial charge in [0.1, 0.15) is 5.82 Å². The smallest absolute Gasteiger partial charge is 0.161 e. The standard InChI is InChI=1S/C15H19N3O2/c1-15(16)8-18(9-15)14-11-7-13(20-3)12(19-2)6-10(11)4-5-17-14/h4-7H,8-9,16H2,1-3H3. The summed E-state index contributed by atoms with van der Waals surface area (Å²) in [7, 11) is 3.28. The number of methoxy groups -OCH3 is 2. The molecule has 1 aliphatic rings. The minimum absolute atomic E-state index is 0.125. The summed E-state index contributed by atoms with van der Waals surface area (Å²) in [6.45, 7) is 3.68. The molecule has 20 heavy (non-hydrogen) atoms. The Bertz CT molecular complexity index is 647. The first-order valence-corrected chi connectivity index (χ1v) is 6.59. The highest BCUT2D eigenvalue weighted by atomic mass is 16.5. The Hall–Kier alpha value is -2.01. The summed E-state index contributed by atoms with van der Waals surface area (Å²) in [6, 6.07) is 5.92. The minimum Gasteiger partial charge on any atom is -0.493 e. The number of hydrogen-bond acceptors (Lipinski definition) is 5. The van der Waals surface area contributed by atoms with Gasteiger partial charge in [0.25, 0.3) is 0 Å². The van der Waals surface area contributed by atoms with Crippen LogP contribution in [0, 0.1) is 0 Å². The summed E-state index contributed by atoms with van der Waals surface area (Å²) < 4.78 is 10.7. The van der Waals surface area contributed by atoms with Gasteiger partial charge in [-0.25, -0.2) is 4.98 Å². The zero-order valence-corrected chi connectivity index (χ0v) is 12.0. The van der Waals surface area contributed by atoms with Crippen molar-refractivity contribution >= 4 is 16.6 Å². The first kappa shape index (κ1) is 13.0. The van der Waals surface area contributed by atoms with Crippen molar-refractivity contribution in [2.24, 2.45) is 5.73 Å². The van der Waals surface area contributed by atoms with Crippen molar-refractivity contribution in [3.63, 3.8) is 0 Å². The zero-order chi connectivity index (χ0) is 14.3. The third-order valence-electron chi connectivity index (χ3n) is 3.65. The monoisotopic (exact) mass is 273 g/mol. The number of ether oxygens (including phenoxy) is 2. The third kappa shape index (κ3) is 2.04. The van der Waals surface area contributed by atoms with E-state index < -0.39 is 0 Å². The van der Waals surface area contributed by atoms with E-state index in [1.807, 2.05) is 24.4 Å². The van der Waals surface area contributed by atoms with Crippen LogP contribution < -0.4 is 20.1 Å². The summed E-state index contributed by atoms with van der Waals surface area (Å²) in [6.07, 6.45) is 1.82.